The van der Waals surface area contributed by atoms with Gasteiger partial charge in [0.1, 0.15) is 24.0 Å². The fourth-order valence-corrected chi connectivity index (χ4v) is 3.52. The van der Waals surface area contributed by atoms with Crippen LogP contribution < -0.4 is 10.1 Å². The van der Waals surface area contributed by atoms with E-state index in [1.165, 1.54) is 6.08 Å². The zero-order valence-corrected chi connectivity index (χ0v) is 19.8. The van der Waals surface area contributed by atoms with Crippen molar-refractivity contribution >= 4 is 62.5 Å². The number of ether oxygens (including phenoxy) is 1. The van der Waals surface area contributed by atoms with Gasteiger partial charge in [-0.1, -0.05) is 63.4 Å². The summed E-state index contributed by atoms with van der Waals surface area (Å²) in [6.45, 7) is 0.394. The smallest absolute Gasteiger partial charge is 0.272 e. The monoisotopic (exact) mass is 545 g/mol. The van der Waals surface area contributed by atoms with Crippen molar-refractivity contribution in [2.45, 2.75) is 6.61 Å². The van der Waals surface area contributed by atoms with Crippen molar-refractivity contribution in [1.82, 2.24) is 0 Å². The van der Waals surface area contributed by atoms with Gasteiger partial charge in [-0.2, -0.15) is 5.26 Å². The summed E-state index contributed by atoms with van der Waals surface area (Å²) in [4.78, 5) is 22.8. The van der Waals surface area contributed by atoms with Crippen molar-refractivity contribution in [1.29, 1.82) is 5.26 Å². The summed E-state index contributed by atoms with van der Waals surface area (Å²) in [5.41, 5.74) is 1.06. The molecule has 0 saturated heterocycles. The standard InChI is InChI=1S/C23H14BrCl2N3O4/c24-17-5-1-15(2-6-17)13-33-19-7-3-14(4-8-19)9-16(12-27)23(30)28-22-20(25)10-18(29(31)32)11-21(22)26/h1-11H,13H2,(H,28,30)/b16-9+. The van der Waals surface area contributed by atoms with E-state index >= 15 is 0 Å². The molecule has 7 nitrogen and oxygen atoms in total. The van der Waals surface area contributed by atoms with E-state index < -0.39 is 10.8 Å². The van der Waals surface area contributed by atoms with Crippen LogP contribution in [0.3, 0.4) is 0 Å². The van der Waals surface area contributed by atoms with Gasteiger partial charge >= 0.3 is 0 Å². The summed E-state index contributed by atoms with van der Waals surface area (Å²) in [5, 5.41) is 22.5. The number of nitro groups is 1. The molecule has 0 aromatic heterocycles. The average molecular weight is 547 g/mol. The van der Waals surface area contributed by atoms with E-state index in [0.717, 1.165) is 22.2 Å². The van der Waals surface area contributed by atoms with Crippen molar-refractivity contribution in [3.8, 4) is 11.8 Å². The molecule has 0 radical (unpaired) electrons. The zero-order valence-electron chi connectivity index (χ0n) is 16.7. The molecule has 166 valence electrons. The third-order valence-corrected chi connectivity index (χ3v) is 5.48. The van der Waals surface area contributed by atoms with Gasteiger partial charge in [0.05, 0.1) is 20.7 Å². The maximum absolute atomic E-state index is 12.5. The maximum atomic E-state index is 12.5. The van der Waals surface area contributed by atoms with E-state index in [0.29, 0.717) is 17.9 Å². The number of nitriles is 1. The molecule has 3 aromatic rings. The Morgan fingerprint density at radius 1 is 1.12 bits per heavy atom. The quantitative estimate of drug-likeness (QED) is 0.152. The molecule has 33 heavy (non-hydrogen) atoms. The van der Waals surface area contributed by atoms with Gasteiger partial charge < -0.3 is 10.1 Å². The lowest BCUT2D eigenvalue weighted by Crippen LogP contribution is -2.14. The molecule has 3 aromatic carbocycles. The minimum atomic E-state index is -0.759. The fraction of sp³-hybridized carbons (Fsp3) is 0.0435. The highest BCUT2D eigenvalue weighted by atomic mass is 79.9. The van der Waals surface area contributed by atoms with Gasteiger partial charge in [-0.15, -0.1) is 0 Å². The molecule has 0 atom stereocenters. The van der Waals surface area contributed by atoms with Crippen molar-refractivity contribution in [2.24, 2.45) is 0 Å². The molecule has 0 aliphatic heterocycles. The number of hydrogen-bond acceptors (Lipinski definition) is 5. The van der Waals surface area contributed by atoms with Crippen molar-refractivity contribution in [3.63, 3.8) is 0 Å². The zero-order chi connectivity index (χ0) is 24.0. The molecule has 0 aliphatic carbocycles. The van der Waals surface area contributed by atoms with Crippen molar-refractivity contribution in [3.05, 3.63) is 102 Å². The predicted octanol–water partition coefficient (Wildman–Crippen LogP) is 6.79. The van der Waals surface area contributed by atoms with Crippen molar-refractivity contribution < 1.29 is 14.5 Å². The fourth-order valence-electron chi connectivity index (χ4n) is 2.69. The SMILES string of the molecule is N#C/C(=C\c1ccc(OCc2ccc(Br)cc2)cc1)C(=O)Nc1c(Cl)cc([N+](=O)[O-])cc1Cl. The molecule has 0 bridgehead atoms. The highest BCUT2D eigenvalue weighted by Gasteiger charge is 2.18. The summed E-state index contributed by atoms with van der Waals surface area (Å²) < 4.78 is 6.72. The molecular weight excluding hydrogens is 533 g/mol. The van der Waals surface area contributed by atoms with Gasteiger partial charge in [0.15, 0.2) is 0 Å². The summed E-state index contributed by atoms with van der Waals surface area (Å²) in [7, 11) is 0. The Bertz CT molecular complexity index is 1250. The van der Waals surface area contributed by atoms with E-state index in [2.05, 4.69) is 21.2 Å². The number of rotatable bonds is 7. The Kier molecular flexibility index (Phi) is 8.06. The number of amides is 1. The number of carbonyl (C=O) groups is 1. The largest absolute Gasteiger partial charge is 0.489 e. The lowest BCUT2D eigenvalue weighted by atomic mass is 10.1. The number of carbonyl (C=O) groups excluding carboxylic acids is 1. The Balaban J connectivity index is 1.70. The number of benzene rings is 3. The maximum Gasteiger partial charge on any atom is 0.272 e. The topological polar surface area (TPSA) is 105 Å². The minimum Gasteiger partial charge on any atom is -0.489 e. The van der Waals surface area contributed by atoms with Gasteiger partial charge in [-0.05, 0) is 41.5 Å². The third kappa shape index (κ3) is 6.56. The van der Waals surface area contributed by atoms with E-state index in [-0.39, 0.29) is 27.0 Å². The number of anilines is 1. The molecule has 0 spiro atoms. The second-order valence-electron chi connectivity index (χ2n) is 6.65. The van der Waals surface area contributed by atoms with E-state index in [4.69, 9.17) is 27.9 Å². The van der Waals surface area contributed by atoms with Crippen LogP contribution in [0.1, 0.15) is 11.1 Å². The van der Waals surface area contributed by atoms with Crippen molar-refractivity contribution in [2.75, 3.05) is 5.32 Å². The molecule has 0 saturated carbocycles. The number of non-ortho nitro benzene ring substituents is 1. The Labute approximate surface area is 207 Å². The highest BCUT2D eigenvalue weighted by Crippen LogP contribution is 2.35. The van der Waals surface area contributed by atoms with E-state index in [1.54, 1.807) is 24.3 Å². The minimum absolute atomic E-state index is 0.0215. The van der Waals surface area contributed by atoms with E-state index in [9.17, 15) is 20.2 Å². The van der Waals surface area contributed by atoms with Crippen LogP contribution in [0.2, 0.25) is 10.0 Å². The van der Waals surface area contributed by atoms with Gasteiger partial charge in [0, 0.05) is 16.6 Å². The number of nitro benzene ring substituents is 1. The van der Waals surface area contributed by atoms with Gasteiger partial charge in [0.2, 0.25) is 0 Å². The average Bonchev–Trinajstić information content (AvgIpc) is 2.80. The molecule has 0 aliphatic rings. The predicted molar refractivity (Wildman–Crippen MR) is 130 cm³/mol. The Morgan fingerprint density at radius 3 is 2.27 bits per heavy atom. The van der Waals surface area contributed by atoms with Gasteiger partial charge in [-0.25, -0.2) is 0 Å². The third-order valence-electron chi connectivity index (χ3n) is 4.35. The van der Waals surface area contributed by atoms with Crippen LogP contribution in [0.4, 0.5) is 11.4 Å². The van der Waals surface area contributed by atoms with Crippen LogP contribution in [0.15, 0.2) is 70.7 Å². The lowest BCUT2D eigenvalue weighted by Gasteiger charge is -2.09. The second-order valence-corrected chi connectivity index (χ2v) is 8.38. The number of nitrogens with one attached hydrogen (secondary N) is 1. The molecule has 1 N–H and O–H groups in total. The van der Waals surface area contributed by atoms with Crippen LogP contribution in [0.5, 0.6) is 5.75 Å². The first-order chi connectivity index (χ1) is 15.8. The first-order valence-electron chi connectivity index (χ1n) is 9.30. The summed E-state index contributed by atoms with van der Waals surface area (Å²) >= 11 is 15.4. The Morgan fingerprint density at radius 2 is 1.73 bits per heavy atom. The van der Waals surface area contributed by atoms with Crippen LogP contribution in [0.25, 0.3) is 6.08 Å². The number of nitrogens with zero attached hydrogens (tertiary/aromatic N) is 2. The molecule has 10 heteroatoms. The summed E-state index contributed by atoms with van der Waals surface area (Å²) in [5.74, 6) is -0.131. The summed E-state index contributed by atoms with van der Waals surface area (Å²) in [6, 6.07) is 18.5. The first kappa shape index (κ1) is 24.3. The van der Waals surface area contributed by atoms with Gasteiger partial charge in [-0.3, -0.25) is 14.9 Å². The van der Waals surface area contributed by atoms with Crippen LogP contribution in [-0.2, 0) is 11.4 Å². The summed E-state index contributed by atoms with van der Waals surface area (Å²) in [6.07, 6.45) is 1.39. The molecule has 0 heterocycles. The second kappa shape index (κ2) is 11.0. The first-order valence-corrected chi connectivity index (χ1v) is 10.9. The van der Waals surface area contributed by atoms with E-state index in [1.807, 2.05) is 30.3 Å². The molecule has 0 fully saturated rings. The van der Waals surface area contributed by atoms with Crippen LogP contribution in [0, 0.1) is 21.4 Å². The molecule has 0 unspecified atom stereocenters. The van der Waals surface area contributed by atoms with Gasteiger partial charge in [0.25, 0.3) is 11.6 Å². The highest BCUT2D eigenvalue weighted by molar-refractivity contribution is 9.10. The molecule has 1 amide bonds. The molecular formula is C23H14BrCl2N3O4. The lowest BCUT2D eigenvalue weighted by molar-refractivity contribution is -0.384. The van der Waals surface area contributed by atoms with Crippen LogP contribution in [-0.4, -0.2) is 10.8 Å². The normalized spacial score (nSPS) is 10.9. The molecule has 3 rings (SSSR count). The van der Waals surface area contributed by atoms with Crippen LogP contribution >= 0.6 is 39.1 Å². The number of hydrogen-bond donors (Lipinski definition) is 1. The number of halogens is 3. The Hall–Kier alpha value is -3.38.